The molecular formula is C22H18ClN5O. The number of nitrogens with one attached hydrogen (secondary N) is 1. The number of amides is 1. The van der Waals surface area contributed by atoms with Crippen molar-refractivity contribution < 1.29 is 4.79 Å². The number of carbonyl (C=O) groups is 1. The van der Waals surface area contributed by atoms with Gasteiger partial charge in [0.05, 0.1) is 10.7 Å². The van der Waals surface area contributed by atoms with Gasteiger partial charge in [-0.2, -0.15) is 0 Å². The minimum absolute atomic E-state index is 0.225. The van der Waals surface area contributed by atoms with E-state index in [9.17, 15) is 4.79 Å². The zero-order chi connectivity index (χ0) is 20.2. The fourth-order valence-electron chi connectivity index (χ4n) is 2.97. The summed E-state index contributed by atoms with van der Waals surface area (Å²) in [4.78, 5) is 17.0. The minimum atomic E-state index is -0.310. The smallest absolute Gasteiger partial charge is 0.274 e. The molecule has 0 aliphatic rings. The standard InChI is InChI=1S/C22H18ClN5O/c1-15-6-8-16(9-7-15)14-25-22(29)20-21(17-10-12-24-13-11-17)28(27-26-20)19-5-3-2-4-18(19)23/h2-13H,14H2,1H3,(H,25,29). The van der Waals surface area contributed by atoms with Gasteiger partial charge < -0.3 is 5.32 Å². The lowest BCUT2D eigenvalue weighted by atomic mass is 10.1. The van der Waals surface area contributed by atoms with Crippen LogP contribution in [0.2, 0.25) is 5.02 Å². The zero-order valence-corrected chi connectivity index (χ0v) is 16.5. The number of nitrogens with zero attached hydrogens (tertiary/aromatic N) is 4. The lowest BCUT2D eigenvalue weighted by Crippen LogP contribution is -2.24. The quantitative estimate of drug-likeness (QED) is 0.541. The first-order valence-electron chi connectivity index (χ1n) is 9.08. The van der Waals surface area contributed by atoms with Gasteiger partial charge in [-0.1, -0.05) is 58.8 Å². The van der Waals surface area contributed by atoms with E-state index in [4.69, 9.17) is 11.6 Å². The third-order valence-electron chi connectivity index (χ3n) is 4.49. The van der Waals surface area contributed by atoms with Crippen molar-refractivity contribution in [3.05, 3.63) is 94.9 Å². The van der Waals surface area contributed by atoms with Crippen LogP contribution in [0.5, 0.6) is 0 Å². The molecule has 0 saturated heterocycles. The predicted molar refractivity (Wildman–Crippen MR) is 112 cm³/mol. The Kier molecular flexibility index (Phi) is 5.35. The first kappa shape index (κ1) is 18.8. The van der Waals surface area contributed by atoms with E-state index in [0.29, 0.717) is 22.9 Å². The number of aryl methyl sites for hydroxylation is 1. The van der Waals surface area contributed by atoms with Gasteiger partial charge in [0.15, 0.2) is 5.69 Å². The summed E-state index contributed by atoms with van der Waals surface area (Å²) >= 11 is 6.36. The number of benzene rings is 2. The van der Waals surface area contributed by atoms with Gasteiger partial charge in [-0.3, -0.25) is 9.78 Å². The number of pyridine rings is 1. The van der Waals surface area contributed by atoms with Crippen LogP contribution in [-0.2, 0) is 6.54 Å². The van der Waals surface area contributed by atoms with Gasteiger partial charge in [0.1, 0.15) is 5.69 Å². The van der Waals surface area contributed by atoms with Crippen molar-refractivity contribution in [3.8, 4) is 16.9 Å². The molecule has 0 radical (unpaired) electrons. The Morgan fingerprint density at radius 3 is 2.48 bits per heavy atom. The van der Waals surface area contributed by atoms with E-state index in [0.717, 1.165) is 11.1 Å². The number of hydrogen-bond acceptors (Lipinski definition) is 4. The lowest BCUT2D eigenvalue weighted by molar-refractivity contribution is 0.0946. The van der Waals surface area contributed by atoms with Crippen LogP contribution in [0.1, 0.15) is 21.6 Å². The molecule has 2 aromatic carbocycles. The summed E-state index contributed by atoms with van der Waals surface area (Å²) in [6.45, 7) is 2.42. The highest BCUT2D eigenvalue weighted by Gasteiger charge is 2.23. The van der Waals surface area contributed by atoms with Crippen LogP contribution in [-0.4, -0.2) is 25.9 Å². The highest BCUT2D eigenvalue weighted by atomic mass is 35.5. The molecule has 0 bridgehead atoms. The highest BCUT2D eigenvalue weighted by molar-refractivity contribution is 6.32. The van der Waals surface area contributed by atoms with E-state index < -0.39 is 0 Å². The Hall–Kier alpha value is -3.51. The summed E-state index contributed by atoms with van der Waals surface area (Å²) < 4.78 is 1.58. The third-order valence-corrected chi connectivity index (χ3v) is 4.81. The van der Waals surface area contributed by atoms with Crippen molar-refractivity contribution in [3.63, 3.8) is 0 Å². The van der Waals surface area contributed by atoms with E-state index in [1.165, 1.54) is 5.56 Å². The molecule has 2 aromatic heterocycles. The van der Waals surface area contributed by atoms with Crippen molar-refractivity contribution in [1.82, 2.24) is 25.3 Å². The van der Waals surface area contributed by atoms with Gasteiger partial charge in [0, 0.05) is 24.5 Å². The Labute approximate surface area is 173 Å². The predicted octanol–water partition coefficient (Wildman–Crippen LogP) is 4.22. The maximum absolute atomic E-state index is 12.9. The van der Waals surface area contributed by atoms with Crippen LogP contribution in [0.3, 0.4) is 0 Å². The SMILES string of the molecule is Cc1ccc(CNC(=O)c2nnn(-c3ccccc3Cl)c2-c2ccncc2)cc1. The molecule has 7 heteroatoms. The average Bonchev–Trinajstić information content (AvgIpc) is 3.19. The summed E-state index contributed by atoms with van der Waals surface area (Å²) in [5.74, 6) is -0.310. The van der Waals surface area contributed by atoms with Gasteiger partial charge in [0.2, 0.25) is 0 Å². The van der Waals surface area contributed by atoms with Crippen LogP contribution in [0.25, 0.3) is 16.9 Å². The molecule has 6 nitrogen and oxygen atoms in total. The largest absolute Gasteiger partial charge is 0.346 e. The van der Waals surface area contributed by atoms with Gasteiger partial charge in [-0.05, 0) is 36.8 Å². The molecular weight excluding hydrogens is 386 g/mol. The Balaban J connectivity index is 1.70. The molecule has 1 N–H and O–H groups in total. The van der Waals surface area contributed by atoms with E-state index in [1.807, 2.05) is 61.5 Å². The molecule has 0 aliphatic heterocycles. The summed E-state index contributed by atoms with van der Waals surface area (Å²) in [5, 5.41) is 11.8. The van der Waals surface area contributed by atoms with E-state index in [1.54, 1.807) is 23.1 Å². The summed E-state index contributed by atoms with van der Waals surface area (Å²) in [6, 6.07) is 18.9. The summed E-state index contributed by atoms with van der Waals surface area (Å²) in [7, 11) is 0. The highest BCUT2D eigenvalue weighted by Crippen LogP contribution is 2.28. The molecule has 0 fully saturated rings. The number of halogens is 1. The summed E-state index contributed by atoms with van der Waals surface area (Å²) in [5.41, 5.74) is 4.37. The molecule has 0 aliphatic carbocycles. The topological polar surface area (TPSA) is 72.7 Å². The van der Waals surface area contributed by atoms with Crippen LogP contribution >= 0.6 is 11.6 Å². The van der Waals surface area contributed by atoms with Gasteiger partial charge in [-0.15, -0.1) is 5.10 Å². The van der Waals surface area contributed by atoms with Crippen molar-refractivity contribution in [2.45, 2.75) is 13.5 Å². The second-order valence-electron chi connectivity index (χ2n) is 6.55. The Morgan fingerprint density at radius 1 is 1.03 bits per heavy atom. The Morgan fingerprint density at radius 2 is 1.76 bits per heavy atom. The fourth-order valence-corrected chi connectivity index (χ4v) is 3.18. The van der Waals surface area contributed by atoms with Crippen molar-refractivity contribution >= 4 is 17.5 Å². The average molecular weight is 404 g/mol. The van der Waals surface area contributed by atoms with E-state index in [2.05, 4.69) is 20.6 Å². The van der Waals surface area contributed by atoms with Crippen LogP contribution in [0, 0.1) is 6.92 Å². The monoisotopic (exact) mass is 403 g/mol. The first-order chi connectivity index (χ1) is 14.1. The number of para-hydroxylation sites is 1. The van der Waals surface area contributed by atoms with Crippen LogP contribution in [0.4, 0.5) is 0 Å². The number of aromatic nitrogens is 4. The molecule has 29 heavy (non-hydrogen) atoms. The van der Waals surface area contributed by atoms with E-state index >= 15 is 0 Å². The molecule has 2 heterocycles. The van der Waals surface area contributed by atoms with Crippen LogP contribution < -0.4 is 5.32 Å². The molecule has 1 amide bonds. The number of rotatable bonds is 5. The molecule has 0 atom stereocenters. The third kappa shape index (κ3) is 4.02. The van der Waals surface area contributed by atoms with E-state index in [-0.39, 0.29) is 11.6 Å². The van der Waals surface area contributed by atoms with Gasteiger partial charge in [-0.25, -0.2) is 4.68 Å². The molecule has 144 valence electrons. The molecule has 4 aromatic rings. The maximum atomic E-state index is 12.9. The molecule has 0 spiro atoms. The van der Waals surface area contributed by atoms with Crippen molar-refractivity contribution in [2.75, 3.05) is 0 Å². The molecule has 0 saturated carbocycles. The maximum Gasteiger partial charge on any atom is 0.274 e. The summed E-state index contributed by atoms with van der Waals surface area (Å²) in [6.07, 6.45) is 3.32. The minimum Gasteiger partial charge on any atom is -0.346 e. The number of carbonyl (C=O) groups excluding carboxylic acids is 1. The first-order valence-corrected chi connectivity index (χ1v) is 9.46. The zero-order valence-electron chi connectivity index (χ0n) is 15.7. The van der Waals surface area contributed by atoms with Crippen molar-refractivity contribution in [2.24, 2.45) is 0 Å². The number of hydrogen-bond donors (Lipinski definition) is 1. The van der Waals surface area contributed by atoms with Gasteiger partial charge >= 0.3 is 0 Å². The fraction of sp³-hybridized carbons (Fsp3) is 0.0909. The van der Waals surface area contributed by atoms with Crippen molar-refractivity contribution in [1.29, 1.82) is 0 Å². The molecule has 4 rings (SSSR count). The normalized spacial score (nSPS) is 10.7. The second-order valence-corrected chi connectivity index (χ2v) is 6.96. The lowest BCUT2D eigenvalue weighted by Gasteiger charge is -2.10. The van der Waals surface area contributed by atoms with Crippen LogP contribution in [0.15, 0.2) is 73.1 Å². The molecule has 0 unspecified atom stereocenters. The second kappa shape index (κ2) is 8.24. The van der Waals surface area contributed by atoms with Gasteiger partial charge in [0.25, 0.3) is 5.91 Å². The Bertz CT molecular complexity index is 1140.